The summed E-state index contributed by atoms with van der Waals surface area (Å²) in [6.07, 6.45) is 1.84. The average Bonchev–Trinajstić information content (AvgIpc) is 3.32. The van der Waals surface area contributed by atoms with E-state index in [1.54, 1.807) is 24.3 Å². The molecule has 2 aromatic heterocycles. The van der Waals surface area contributed by atoms with Gasteiger partial charge in [-0.3, -0.25) is 4.90 Å². The van der Waals surface area contributed by atoms with E-state index in [1.165, 1.54) is 23.4 Å². The fourth-order valence-electron chi connectivity index (χ4n) is 2.75. The van der Waals surface area contributed by atoms with Gasteiger partial charge in [-0.15, -0.1) is 5.10 Å². The summed E-state index contributed by atoms with van der Waals surface area (Å²) in [7, 11) is 0. The number of halogens is 1. The molecule has 138 valence electrons. The number of aromatic amines is 1. The van der Waals surface area contributed by atoms with Crippen LogP contribution in [0.25, 0.3) is 11.1 Å². The molecule has 0 radical (unpaired) electrons. The summed E-state index contributed by atoms with van der Waals surface area (Å²) >= 11 is 0. The van der Waals surface area contributed by atoms with Crippen molar-refractivity contribution < 1.29 is 19.0 Å². The Labute approximate surface area is 152 Å². The summed E-state index contributed by atoms with van der Waals surface area (Å²) in [6.45, 7) is -0.0959. The molecule has 27 heavy (non-hydrogen) atoms. The number of H-pyrrole nitrogens is 1. The fourth-order valence-corrected chi connectivity index (χ4v) is 2.75. The van der Waals surface area contributed by atoms with Crippen LogP contribution in [0, 0.1) is 5.82 Å². The summed E-state index contributed by atoms with van der Waals surface area (Å²) < 4.78 is 19.6. The number of benzene rings is 1. The quantitative estimate of drug-likeness (QED) is 0.629. The molecule has 1 aromatic carbocycles. The number of anilines is 3. The van der Waals surface area contributed by atoms with Crippen LogP contribution >= 0.6 is 0 Å². The molecule has 0 aliphatic carbocycles. The largest absolute Gasteiger partial charge is 0.441 e. The van der Waals surface area contributed by atoms with Crippen molar-refractivity contribution in [3.8, 4) is 11.1 Å². The fraction of sp³-hybridized carbons (Fsp3) is 0.176. The van der Waals surface area contributed by atoms with Crippen molar-refractivity contribution in [1.29, 1.82) is 0 Å². The molecule has 1 atom stereocenters. The molecule has 4 rings (SSSR count). The van der Waals surface area contributed by atoms with Gasteiger partial charge in [-0.05, 0) is 30.3 Å². The number of carbonyl (C=O) groups is 1. The highest BCUT2D eigenvalue weighted by Crippen LogP contribution is 2.29. The molecule has 1 amide bonds. The van der Waals surface area contributed by atoms with Crippen LogP contribution in [0.15, 0.2) is 42.7 Å². The topological polar surface area (TPSA) is 116 Å². The Morgan fingerprint density at radius 3 is 2.81 bits per heavy atom. The van der Waals surface area contributed by atoms with E-state index in [4.69, 9.17) is 9.84 Å². The number of cyclic esters (lactones) is 1. The predicted molar refractivity (Wildman–Crippen MR) is 94.0 cm³/mol. The zero-order chi connectivity index (χ0) is 18.8. The van der Waals surface area contributed by atoms with Crippen molar-refractivity contribution in [2.24, 2.45) is 0 Å². The smallest absolute Gasteiger partial charge is 0.414 e. The van der Waals surface area contributed by atoms with Gasteiger partial charge in [0, 0.05) is 17.3 Å². The molecule has 3 aromatic rings. The van der Waals surface area contributed by atoms with Crippen LogP contribution in [0.1, 0.15) is 0 Å². The second kappa shape index (κ2) is 7.00. The monoisotopic (exact) mass is 370 g/mol. The van der Waals surface area contributed by atoms with Crippen LogP contribution in [-0.4, -0.2) is 50.9 Å². The first kappa shape index (κ1) is 16.9. The van der Waals surface area contributed by atoms with Crippen LogP contribution < -0.4 is 10.2 Å². The zero-order valence-electron chi connectivity index (χ0n) is 14.0. The predicted octanol–water partition coefficient (Wildman–Crippen LogP) is 2.07. The molecule has 1 fully saturated rings. The molecule has 1 saturated heterocycles. The first-order valence-corrected chi connectivity index (χ1v) is 8.12. The average molecular weight is 370 g/mol. The molecular weight excluding hydrogens is 355 g/mol. The van der Waals surface area contributed by atoms with Crippen molar-refractivity contribution in [2.75, 3.05) is 23.4 Å². The van der Waals surface area contributed by atoms with Crippen LogP contribution in [0.3, 0.4) is 0 Å². The van der Waals surface area contributed by atoms with Crippen molar-refractivity contribution in [1.82, 2.24) is 20.4 Å². The summed E-state index contributed by atoms with van der Waals surface area (Å²) in [5, 5.41) is 22.1. The number of nitrogens with one attached hydrogen (secondary N) is 2. The van der Waals surface area contributed by atoms with Gasteiger partial charge in [-0.1, -0.05) is 0 Å². The minimum absolute atomic E-state index is 0.179. The summed E-state index contributed by atoms with van der Waals surface area (Å²) in [5.74, 6) is 0.566. The molecule has 1 aliphatic rings. The number of rotatable bonds is 5. The van der Waals surface area contributed by atoms with Crippen molar-refractivity contribution in [2.45, 2.75) is 6.10 Å². The number of aromatic nitrogens is 4. The highest BCUT2D eigenvalue weighted by molar-refractivity contribution is 5.90. The van der Waals surface area contributed by atoms with Gasteiger partial charge in [0.15, 0.2) is 5.82 Å². The van der Waals surface area contributed by atoms with E-state index >= 15 is 0 Å². The number of ether oxygens (including phenoxy) is 1. The Morgan fingerprint density at radius 2 is 2.19 bits per heavy atom. The summed E-state index contributed by atoms with van der Waals surface area (Å²) in [6, 6.07) is 7.88. The van der Waals surface area contributed by atoms with Gasteiger partial charge in [0.1, 0.15) is 17.7 Å². The van der Waals surface area contributed by atoms with Crippen molar-refractivity contribution in [3.05, 3.63) is 48.5 Å². The molecule has 10 heteroatoms. The Morgan fingerprint density at radius 1 is 1.30 bits per heavy atom. The minimum atomic E-state index is -0.605. The number of hydrogen-bond acceptors (Lipinski definition) is 7. The van der Waals surface area contributed by atoms with E-state index in [9.17, 15) is 9.18 Å². The molecule has 0 bridgehead atoms. The minimum Gasteiger partial charge on any atom is -0.441 e. The lowest BCUT2D eigenvalue weighted by molar-refractivity contribution is 0.0963. The molecule has 1 aliphatic heterocycles. The third-order valence-electron chi connectivity index (χ3n) is 4.09. The van der Waals surface area contributed by atoms with Crippen LogP contribution in [0.5, 0.6) is 0 Å². The first-order chi connectivity index (χ1) is 13.1. The molecule has 0 unspecified atom stereocenters. The molecule has 3 N–H and O–H groups in total. The number of aliphatic hydroxyl groups is 1. The number of amides is 1. The van der Waals surface area contributed by atoms with Crippen molar-refractivity contribution in [3.63, 3.8) is 0 Å². The third kappa shape index (κ3) is 3.42. The second-order valence-electron chi connectivity index (χ2n) is 5.88. The third-order valence-corrected chi connectivity index (χ3v) is 4.09. The van der Waals surface area contributed by atoms with E-state index in [1.807, 2.05) is 0 Å². The van der Waals surface area contributed by atoms with E-state index in [0.717, 1.165) is 0 Å². The van der Waals surface area contributed by atoms with E-state index in [-0.39, 0.29) is 13.2 Å². The van der Waals surface area contributed by atoms with Gasteiger partial charge in [0.25, 0.3) is 0 Å². The van der Waals surface area contributed by atoms with Gasteiger partial charge >= 0.3 is 6.09 Å². The Hall–Kier alpha value is -3.53. The normalized spacial score (nSPS) is 16.4. The number of carbonyl (C=O) groups excluding carboxylic acids is 1. The van der Waals surface area contributed by atoms with Gasteiger partial charge < -0.3 is 15.2 Å². The van der Waals surface area contributed by atoms with Crippen LogP contribution in [0.4, 0.5) is 26.5 Å². The van der Waals surface area contributed by atoms with E-state index in [2.05, 4.69) is 25.7 Å². The number of nitrogens with zero attached hydrogens (tertiary/aromatic N) is 4. The van der Waals surface area contributed by atoms with Crippen LogP contribution in [0.2, 0.25) is 0 Å². The molecule has 0 spiro atoms. The highest BCUT2D eigenvalue weighted by atomic mass is 19.1. The molecule has 9 nitrogen and oxygen atoms in total. The second-order valence-corrected chi connectivity index (χ2v) is 5.88. The van der Waals surface area contributed by atoms with Gasteiger partial charge in [-0.2, -0.15) is 10.3 Å². The van der Waals surface area contributed by atoms with E-state index in [0.29, 0.717) is 28.5 Å². The zero-order valence-corrected chi connectivity index (χ0v) is 14.0. The highest BCUT2D eigenvalue weighted by Gasteiger charge is 2.32. The Bertz CT molecular complexity index is 948. The number of hydrogen-bond donors (Lipinski definition) is 3. The van der Waals surface area contributed by atoms with Crippen molar-refractivity contribution >= 4 is 23.4 Å². The van der Waals surface area contributed by atoms with Crippen LogP contribution in [-0.2, 0) is 4.74 Å². The number of pyridine rings is 1. The molecule has 0 saturated carbocycles. The molecule has 3 heterocycles. The lowest BCUT2D eigenvalue weighted by Crippen LogP contribution is -2.25. The van der Waals surface area contributed by atoms with Gasteiger partial charge in [0.05, 0.1) is 25.0 Å². The number of aliphatic hydroxyl groups excluding tert-OH is 1. The lowest BCUT2D eigenvalue weighted by atomic mass is 10.1. The van der Waals surface area contributed by atoms with Gasteiger partial charge in [0.2, 0.25) is 0 Å². The van der Waals surface area contributed by atoms with E-state index < -0.39 is 18.0 Å². The van der Waals surface area contributed by atoms with Gasteiger partial charge in [-0.25, -0.2) is 14.2 Å². The maximum atomic E-state index is 14.6. The SMILES string of the molecule is O=C1O[C@@H](CO)CN1c1ccc(-c2ccc(Nc3cn[nH]n3)nc2)c(F)c1. The maximum absolute atomic E-state index is 14.6. The molecular formula is C17H15FN6O3. The standard InChI is InChI=1S/C17H15FN6O3/c18-14-5-11(24-8-12(9-25)27-17(24)26)2-3-13(14)10-1-4-15(19-6-10)21-16-7-20-23-22-16/h1-7,12,25H,8-9H2,(H2,19,20,21,22,23)/t12-/m1/s1. The summed E-state index contributed by atoms with van der Waals surface area (Å²) in [4.78, 5) is 17.3. The maximum Gasteiger partial charge on any atom is 0.414 e. The Balaban J connectivity index is 1.53. The lowest BCUT2D eigenvalue weighted by Gasteiger charge is -2.14. The summed E-state index contributed by atoms with van der Waals surface area (Å²) in [5.41, 5.74) is 1.31. The first-order valence-electron chi connectivity index (χ1n) is 8.12. The Kier molecular flexibility index (Phi) is 4.38.